The second kappa shape index (κ2) is 17.2. The van der Waals surface area contributed by atoms with E-state index >= 15 is 0 Å². The van der Waals surface area contributed by atoms with Gasteiger partial charge in [0, 0.05) is 49.0 Å². The summed E-state index contributed by atoms with van der Waals surface area (Å²) in [4.78, 5) is 40.8. The van der Waals surface area contributed by atoms with Crippen molar-refractivity contribution in [3.63, 3.8) is 0 Å². The lowest BCUT2D eigenvalue weighted by molar-refractivity contribution is -0.115. The van der Waals surface area contributed by atoms with Gasteiger partial charge in [-0.25, -0.2) is 4.79 Å². The molecule has 0 atom stereocenters. The molecule has 1 heterocycles. The van der Waals surface area contributed by atoms with Crippen LogP contribution in [-0.4, -0.2) is 67.7 Å². The number of amides is 3. The zero-order valence-electron chi connectivity index (χ0n) is 29.7. The Bertz CT molecular complexity index is 2020. The lowest BCUT2D eigenvalue weighted by atomic mass is 9.88. The Balaban J connectivity index is 0.933. The van der Waals surface area contributed by atoms with E-state index in [4.69, 9.17) is 4.74 Å². The Morgan fingerprint density at radius 1 is 0.660 bits per heavy atom. The van der Waals surface area contributed by atoms with E-state index in [2.05, 4.69) is 68.6 Å². The molecule has 53 heavy (non-hydrogen) atoms. The van der Waals surface area contributed by atoms with Gasteiger partial charge in [0.05, 0.1) is 12.2 Å². The van der Waals surface area contributed by atoms with Gasteiger partial charge in [-0.2, -0.15) is 0 Å². The molecule has 3 amide bonds. The first-order chi connectivity index (χ1) is 26.0. The van der Waals surface area contributed by atoms with Crippen molar-refractivity contribution >= 4 is 29.3 Å². The maximum atomic E-state index is 13.5. The average Bonchev–Trinajstić information content (AvgIpc) is 4.03. The van der Waals surface area contributed by atoms with Crippen molar-refractivity contribution in [1.82, 2.24) is 15.5 Å². The zero-order chi connectivity index (χ0) is 36.4. The summed E-state index contributed by atoms with van der Waals surface area (Å²) < 4.78 is 5.98. The van der Waals surface area contributed by atoms with Crippen LogP contribution in [0.2, 0.25) is 0 Å². The molecule has 1 aliphatic carbocycles. The highest BCUT2D eigenvalue weighted by molar-refractivity contribution is 6.02. The topological polar surface area (TPSA) is 112 Å². The van der Waals surface area contributed by atoms with Crippen molar-refractivity contribution in [2.75, 3.05) is 43.4 Å². The van der Waals surface area contributed by atoms with Crippen LogP contribution in [0.5, 0.6) is 0 Å². The number of nitrogens with one attached hydrogen (secondary N) is 4. The standard InChI is InChI=1S/C44H45N5O4/c50-41(30-46-34-21-22-34)47-35-16-9-15-33(29-35)43(51)45-25-28-49-26-23-36(24-27-49)53-44(52)48-40-20-10-19-38(32-13-5-2-6-14-32)42(40)39-18-8-7-17-37(39)31-11-3-1-4-12-31/h1-20,29,34,36,46H,21-28,30H2,(H,45,51)(H,47,50)(H,48,52). The molecule has 9 heteroatoms. The van der Waals surface area contributed by atoms with Gasteiger partial charge in [-0.05, 0) is 77.8 Å². The van der Waals surface area contributed by atoms with E-state index in [1.54, 1.807) is 24.3 Å². The van der Waals surface area contributed by atoms with Gasteiger partial charge in [0.15, 0.2) is 0 Å². The summed E-state index contributed by atoms with van der Waals surface area (Å²) >= 11 is 0. The molecule has 5 aromatic carbocycles. The molecular weight excluding hydrogens is 663 g/mol. The van der Waals surface area contributed by atoms with E-state index in [1.165, 1.54) is 0 Å². The van der Waals surface area contributed by atoms with Crippen LogP contribution < -0.4 is 21.3 Å². The molecule has 0 radical (unpaired) electrons. The van der Waals surface area contributed by atoms with Crippen molar-refractivity contribution in [2.24, 2.45) is 0 Å². The Labute approximate surface area is 310 Å². The van der Waals surface area contributed by atoms with Crippen LogP contribution >= 0.6 is 0 Å². The number of anilines is 2. The molecule has 0 aromatic heterocycles. The lowest BCUT2D eigenvalue weighted by Gasteiger charge is -2.31. The van der Waals surface area contributed by atoms with Gasteiger partial charge < -0.3 is 25.6 Å². The number of ether oxygens (including phenoxy) is 1. The maximum Gasteiger partial charge on any atom is 0.411 e. The Morgan fingerprint density at radius 2 is 1.30 bits per heavy atom. The fourth-order valence-electron chi connectivity index (χ4n) is 6.81. The fraction of sp³-hybridized carbons (Fsp3) is 0.250. The van der Waals surface area contributed by atoms with Crippen LogP contribution in [-0.2, 0) is 9.53 Å². The van der Waals surface area contributed by atoms with Gasteiger partial charge in [-0.15, -0.1) is 0 Å². The molecule has 1 saturated heterocycles. The maximum absolute atomic E-state index is 13.5. The summed E-state index contributed by atoms with van der Waals surface area (Å²) in [5.74, 6) is -0.305. The predicted octanol–water partition coefficient (Wildman–Crippen LogP) is 7.82. The molecule has 5 aromatic rings. The highest BCUT2D eigenvalue weighted by Gasteiger charge is 2.24. The van der Waals surface area contributed by atoms with E-state index < -0.39 is 6.09 Å². The van der Waals surface area contributed by atoms with Crippen LogP contribution in [0.4, 0.5) is 16.2 Å². The first kappa shape index (κ1) is 35.6. The summed E-state index contributed by atoms with van der Waals surface area (Å²) in [6.07, 6.45) is 2.94. The molecule has 1 saturated carbocycles. The second-order valence-electron chi connectivity index (χ2n) is 13.6. The second-order valence-corrected chi connectivity index (χ2v) is 13.6. The van der Waals surface area contributed by atoms with Crippen molar-refractivity contribution in [3.05, 3.63) is 133 Å². The van der Waals surface area contributed by atoms with E-state index in [0.717, 1.165) is 59.3 Å². The zero-order valence-corrected chi connectivity index (χ0v) is 29.7. The molecule has 270 valence electrons. The van der Waals surface area contributed by atoms with Crippen molar-refractivity contribution in [1.29, 1.82) is 0 Å². The summed E-state index contributed by atoms with van der Waals surface area (Å²) in [5, 5.41) is 12.1. The summed E-state index contributed by atoms with van der Waals surface area (Å²) in [6.45, 7) is 2.94. The van der Waals surface area contributed by atoms with Gasteiger partial charge in [0.1, 0.15) is 6.10 Å². The van der Waals surface area contributed by atoms with Gasteiger partial charge in [0.25, 0.3) is 5.91 Å². The molecule has 7 rings (SSSR count). The Morgan fingerprint density at radius 3 is 2.02 bits per heavy atom. The number of hydrogen-bond donors (Lipinski definition) is 4. The third kappa shape index (κ3) is 9.57. The fourth-order valence-corrected chi connectivity index (χ4v) is 6.81. The summed E-state index contributed by atoms with van der Waals surface area (Å²) in [7, 11) is 0. The predicted molar refractivity (Wildman–Crippen MR) is 211 cm³/mol. The molecule has 4 N–H and O–H groups in total. The molecule has 2 aliphatic rings. The van der Waals surface area contributed by atoms with E-state index in [1.807, 2.05) is 60.7 Å². The molecular formula is C44H45N5O4. The third-order valence-corrected chi connectivity index (χ3v) is 9.73. The van der Waals surface area contributed by atoms with Gasteiger partial charge >= 0.3 is 6.09 Å². The summed E-state index contributed by atoms with van der Waals surface area (Å²) in [5.41, 5.74) is 7.98. The van der Waals surface area contributed by atoms with Gasteiger partial charge in [0.2, 0.25) is 5.91 Å². The van der Waals surface area contributed by atoms with Gasteiger partial charge in [-0.1, -0.05) is 103 Å². The number of carbonyl (C=O) groups is 3. The van der Waals surface area contributed by atoms with Crippen LogP contribution in [0.15, 0.2) is 127 Å². The monoisotopic (exact) mass is 707 g/mol. The first-order valence-electron chi connectivity index (χ1n) is 18.4. The molecule has 9 nitrogen and oxygen atoms in total. The number of carbonyl (C=O) groups excluding carboxylic acids is 3. The van der Waals surface area contributed by atoms with Crippen molar-refractivity contribution < 1.29 is 19.1 Å². The lowest BCUT2D eigenvalue weighted by Crippen LogP contribution is -2.42. The Kier molecular flexibility index (Phi) is 11.5. The van der Waals surface area contributed by atoms with Crippen LogP contribution in [0.25, 0.3) is 33.4 Å². The molecule has 0 unspecified atom stereocenters. The molecule has 0 bridgehead atoms. The highest BCUT2D eigenvalue weighted by Crippen LogP contribution is 2.42. The normalized spacial score (nSPS) is 14.6. The quantitative estimate of drug-likeness (QED) is 0.0994. The number of piperidine rings is 1. The average molecular weight is 708 g/mol. The third-order valence-electron chi connectivity index (χ3n) is 9.73. The number of benzene rings is 5. The largest absolute Gasteiger partial charge is 0.446 e. The van der Waals surface area contributed by atoms with Crippen molar-refractivity contribution in [3.8, 4) is 33.4 Å². The van der Waals surface area contributed by atoms with E-state index in [-0.39, 0.29) is 24.5 Å². The van der Waals surface area contributed by atoms with Crippen LogP contribution in [0.1, 0.15) is 36.0 Å². The highest BCUT2D eigenvalue weighted by atomic mass is 16.6. The number of hydrogen-bond acceptors (Lipinski definition) is 6. The first-order valence-corrected chi connectivity index (χ1v) is 18.4. The smallest absolute Gasteiger partial charge is 0.411 e. The summed E-state index contributed by atoms with van der Waals surface area (Å²) in [6, 6.07) is 42.2. The van der Waals surface area contributed by atoms with Crippen LogP contribution in [0.3, 0.4) is 0 Å². The molecule has 0 spiro atoms. The van der Waals surface area contributed by atoms with E-state index in [0.29, 0.717) is 48.9 Å². The minimum Gasteiger partial charge on any atom is -0.446 e. The molecule has 1 aliphatic heterocycles. The van der Waals surface area contributed by atoms with E-state index in [9.17, 15) is 14.4 Å². The number of nitrogens with zero attached hydrogens (tertiary/aromatic N) is 1. The van der Waals surface area contributed by atoms with Crippen LogP contribution in [0, 0.1) is 0 Å². The minimum atomic E-state index is -0.475. The van der Waals surface area contributed by atoms with Crippen molar-refractivity contribution in [2.45, 2.75) is 37.8 Å². The minimum absolute atomic E-state index is 0.119. The Hall–Kier alpha value is -5.77. The SMILES string of the molecule is O=C(CNC1CC1)Nc1cccc(C(=O)NCCN2CCC(OC(=O)Nc3cccc(-c4ccccc4)c3-c3ccccc3-c3ccccc3)CC2)c1. The molecule has 2 fully saturated rings. The number of rotatable bonds is 13. The number of likely N-dealkylation sites (tertiary alicyclic amines) is 1. The van der Waals surface area contributed by atoms with Gasteiger partial charge in [-0.3, -0.25) is 14.9 Å².